The molecule has 0 amide bonds. The Morgan fingerprint density at radius 2 is 2.05 bits per heavy atom. The van der Waals surface area contributed by atoms with E-state index < -0.39 is 0 Å². The van der Waals surface area contributed by atoms with Gasteiger partial charge < -0.3 is 9.15 Å². The summed E-state index contributed by atoms with van der Waals surface area (Å²) >= 11 is 0. The lowest BCUT2D eigenvalue weighted by atomic mass is 9.86. The highest BCUT2D eigenvalue weighted by molar-refractivity contribution is 5.72. The van der Waals surface area contributed by atoms with E-state index in [2.05, 4.69) is 16.8 Å². The molecular weight excluding hydrogens is 276 g/mol. The highest BCUT2D eigenvalue weighted by Crippen LogP contribution is 2.41. The Kier molecular flexibility index (Phi) is 3.66. The van der Waals surface area contributed by atoms with Gasteiger partial charge in [-0.25, -0.2) is 4.98 Å². The van der Waals surface area contributed by atoms with Crippen LogP contribution in [0.25, 0.3) is 11.1 Å². The number of ether oxygens (including phenoxy) is 1. The van der Waals surface area contributed by atoms with Crippen molar-refractivity contribution in [2.75, 3.05) is 26.3 Å². The molecule has 1 aliphatic carbocycles. The lowest BCUT2D eigenvalue weighted by Gasteiger charge is -2.33. The lowest BCUT2D eigenvalue weighted by Crippen LogP contribution is -2.38. The number of hydrogen-bond donors (Lipinski definition) is 0. The zero-order chi connectivity index (χ0) is 15.0. The van der Waals surface area contributed by atoms with E-state index in [1.807, 2.05) is 24.3 Å². The average Bonchev–Trinajstić information content (AvgIpc) is 3.10. The fraction of sp³-hybridized carbons (Fsp3) is 0.611. The highest BCUT2D eigenvalue weighted by Gasteiger charge is 2.39. The Morgan fingerprint density at radius 3 is 2.86 bits per heavy atom. The smallest absolute Gasteiger partial charge is 0.212 e. The van der Waals surface area contributed by atoms with Crippen LogP contribution in [0.4, 0.5) is 0 Å². The zero-order valence-electron chi connectivity index (χ0n) is 13.3. The third kappa shape index (κ3) is 2.55. The predicted octanol–water partition coefficient (Wildman–Crippen LogP) is 3.78. The molecule has 1 aliphatic heterocycles. The van der Waals surface area contributed by atoms with Gasteiger partial charge in [-0.05, 0) is 31.9 Å². The van der Waals surface area contributed by atoms with Gasteiger partial charge in [0.15, 0.2) is 5.58 Å². The van der Waals surface area contributed by atoms with Crippen LogP contribution in [-0.2, 0) is 4.74 Å². The minimum absolute atomic E-state index is 0.201. The summed E-state index contributed by atoms with van der Waals surface area (Å²) < 4.78 is 11.9. The SMILES string of the molecule is CC(c1nc2ccccc2o1)N1CCOCC2(CCCC2)C1. The van der Waals surface area contributed by atoms with E-state index in [9.17, 15) is 0 Å². The maximum absolute atomic E-state index is 5.98. The third-order valence-electron chi connectivity index (χ3n) is 5.35. The summed E-state index contributed by atoms with van der Waals surface area (Å²) in [6.07, 6.45) is 5.27. The van der Waals surface area contributed by atoms with Gasteiger partial charge in [-0.1, -0.05) is 25.0 Å². The van der Waals surface area contributed by atoms with Crippen molar-refractivity contribution >= 4 is 11.1 Å². The molecule has 0 N–H and O–H groups in total. The molecule has 1 unspecified atom stereocenters. The molecule has 2 heterocycles. The molecule has 4 heteroatoms. The molecule has 0 radical (unpaired) electrons. The van der Waals surface area contributed by atoms with Crippen LogP contribution in [0.1, 0.15) is 44.5 Å². The molecule has 4 rings (SSSR count). The van der Waals surface area contributed by atoms with E-state index in [4.69, 9.17) is 9.15 Å². The number of nitrogens with zero attached hydrogens (tertiary/aromatic N) is 2. The quantitative estimate of drug-likeness (QED) is 0.846. The predicted molar refractivity (Wildman–Crippen MR) is 85.7 cm³/mol. The normalized spacial score (nSPS) is 23.9. The number of hydrogen-bond acceptors (Lipinski definition) is 4. The molecule has 1 atom stereocenters. The Morgan fingerprint density at radius 1 is 1.23 bits per heavy atom. The first-order valence-corrected chi connectivity index (χ1v) is 8.43. The van der Waals surface area contributed by atoms with Crippen molar-refractivity contribution < 1.29 is 9.15 Å². The van der Waals surface area contributed by atoms with Crippen molar-refractivity contribution in [1.82, 2.24) is 9.88 Å². The summed E-state index contributed by atoms with van der Waals surface area (Å²) in [6.45, 7) is 6.00. The van der Waals surface area contributed by atoms with E-state index >= 15 is 0 Å². The minimum atomic E-state index is 0.201. The number of rotatable bonds is 2. The molecule has 1 saturated carbocycles. The van der Waals surface area contributed by atoms with Gasteiger partial charge in [-0.2, -0.15) is 0 Å². The van der Waals surface area contributed by atoms with Gasteiger partial charge in [0.25, 0.3) is 0 Å². The van der Waals surface area contributed by atoms with Crippen molar-refractivity contribution in [3.8, 4) is 0 Å². The van der Waals surface area contributed by atoms with E-state index in [1.165, 1.54) is 25.7 Å². The first-order valence-electron chi connectivity index (χ1n) is 8.43. The topological polar surface area (TPSA) is 38.5 Å². The maximum atomic E-state index is 5.98. The molecule has 2 fully saturated rings. The molecule has 4 nitrogen and oxygen atoms in total. The van der Waals surface area contributed by atoms with Crippen LogP contribution in [0.15, 0.2) is 28.7 Å². The first-order chi connectivity index (χ1) is 10.8. The van der Waals surface area contributed by atoms with Gasteiger partial charge in [-0.3, -0.25) is 4.90 Å². The van der Waals surface area contributed by atoms with Crippen LogP contribution >= 0.6 is 0 Å². The largest absolute Gasteiger partial charge is 0.439 e. The van der Waals surface area contributed by atoms with Crippen molar-refractivity contribution in [2.45, 2.75) is 38.6 Å². The van der Waals surface area contributed by atoms with Gasteiger partial charge in [0.05, 0.1) is 19.3 Å². The molecule has 2 aliphatic rings. The zero-order valence-corrected chi connectivity index (χ0v) is 13.3. The number of benzene rings is 1. The van der Waals surface area contributed by atoms with Gasteiger partial charge >= 0.3 is 0 Å². The summed E-state index contributed by atoms with van der Waals surface area (Å²) in [5, 5.41) is 0. The molecule has 118 valence electrons. The molecule has 2 aromatic rings. The molecule has 22 heavy (non-hydrogen) atoms. The van der Waals surface area contributed by atoms with Crippen LogP contribution in [0.2, 0.25) is 0 Å². The van der Waals surface area contributed by atoms with Crippen molar-refractivity contribution in [1.29, 1.82) is 0 Å². The van der Waals surface area contributed by atoms with Gasteiger partial charge in [-0.15, -0.1) is 0 Å². The maximum Gasteiger partial charge on any atom is 0.212 e. The first kappa shape index (κ1) is 14.2. The number of para-hydroxylation sites is 2. The van der Waals surface area contributed by atoms with Crippen molar-refractivity contribution in [3.05, 3.63) is 30.2 Å². The summed E-state index contributed by atoms with van der Waals surface area (Å²) in [5.74, 6) is 0.830. The number of oxazole rings is 1. The fourth-order valence-corrected chi connectivity index (χ4v) is 4.01. The molecular formula is C18H24N2O2. The molecule has 1 aromatic carbocycles. The van der Waals surface area contributed by atoms with Crippen molar-refractivity contribution in [2.24, 2.45) is 5.41 Å². The fourth-order valence-electron chi connectivity index (χ4n) is 4.01. The molecule has 0 bridgehead atoms. The Bertz CT molecular complexity index is 612. The van der Waals surface area contributed by atoms with Crippen LogP contribution in [0.3, 0.4) is 0 Å². The second kappa shape index (κ2) is 5.67. The number of aromatic nitrogens is 1. The third-order valence-corrected chi connectivity index (χ3v) is 5.35. The Hall–Kier alpha value is -1.39. The highest BCUT2D eigenvalue weighted by atomic mass is 16.5. The van der Waals surface area contributed by atoms with Crippen LogP contribution in [0.5, 0.6) is 0 Å². The van der Waals surface area contributed by atoms with E-state index in [1.54, 1.807) is 0 Å². The van der Waals surface area contributed by atoms with Crippen LogP contribution in [0, 0.1) is 5.41 Å². The lowest BCUT2D eigenvalue weighted by molar-refractivity contribution is 0.0690. The second-order valence-corrected chi connectivity index (χ2v) is 6.93. The van der Waals surface area contributed by atoms with E-state index in [0.29, 0.717) is 5.41 Å². The van der Waals surface area contributed by atoms with Gasteiger partial charge in [0, 0.05) is 18.5 Å². The van der Waals surface area contributed by atoms with Crippen LogP contribution in [-0.4, -0.2) is 36.2 Å². The number of fused-ring (bicyclic) bond motifs is 1. The second-order valence-electron chi connectivity index (χ2n) is 6.93. The minimum Gasteiger partial charge on any atom is -0.439 e. The van der Waals surface area contributed by atoms with Crippen molar-refractivity contribution in [3.63, 3.8) is 0 Å². The summed E-state index contributed by atoms with van der Waals surface area (Å²) in [6, 6.07) is 8.20. The molecule has 1 saturated heterocycles. The Labute approximate surface area is 131 Å². The monoisotopic (exact) mass is 300 g/mol. The molecule has 1 aromatic heterocycles. The van der Waals surface area contributed by atoms with E-state index in [0.717, 1.165) is 43.3 Å². The summed E-state index contributed by atoms with van der Waals surface area (Å²) in [5.41, 5.74) is 2.19. The standard InChI is InChI=1S/C18H24N2O2/c1-14(17-19-15-6-2-3-7-16(15)22-17)20-10-11-21-13-18(12-20)8-4-5-9-18/h2-3,6-7,14H,4-5,8-13H2,1H3. The summed E-state index contributed by atoms with van der Waals surface area (Å²) in [4.78, 5) is 7.19. The molecule has 1 spiro atoms. The summed E-state index contributed by atoms with van der Waals surface area (Å²) in [7, 11) is 0. The Balaban J connectivity index is 1.58. The van der Waals surface area contributed by atoms with Gasteiger partial charge in [0.2, 0.25) is 5.89 Å². The van der Waals surface area contributed by atoms with E-state index in [-0.39, 0.29) is 6.04 Å². The van der Waals surface area contributed by atoms with Gasteiger partial charge in [0.1, 0.15) is 5.52 Å². The average molecular weight is 300 g/mol. The van der Waals surface area contributed by atoms with Crippen LogP contribution < -0.4 is 0 Å².